The van der Waals surface area contributed by atoms with E-state index in [0.29, 0.717) is 11.1 Å². The van der Waals surface area contributed by atoms with Gasteiger partial charge in [-0.05, 0) is 32.9 Å². The Morgan fingerprint density at radius 2 is 1.29 bits per heavy atom. The van der Waals surface area contributed by atoms with Crippen LogP contribution in [0, 0.1) is 0 Å². The van der Waals surface area contributed by atoms with Gasteiger partial charge in [0.25, 0.3) is 11.8 Å². The average Bonchev–Trinajstić information content (AvgIpc) is 2.40. The van der Waals surface area contributed by atoms with Crippen LogP contribution >= 0.6 is 23.2 Å². The smallest absolute Gasteiger partial charge is 0.262 e. The minimum atomic E-state index is -0.563. The van der Waals surface area contributed by atoms with Crippen molar-refractivity contribution in [2.45, 2.75) is 26.3 Å². The van der Waals surface area contributed by atoms with E-state index in [-0.39, 0.29) is 21.9 Å². The van der Waals surface area contributed by atoms with Crippen molar-refractivity contribution >= 4 is 35.0 Å². The topological polar surface area (TPSA) is 37.4 Å². The van der Waals surface area contributed by atoms with Gasteiger partial charge in [-0.3, -0.25) is 14.5 Å². The van der Waals surface area contributed by atoms with E-state index in [9.17, 15) is 9.59 Å². The highest BCUT2D eigenvalue weighted by atomic mass is 35.5. The van der Waals surface area contributed by atoms with Crippen molar-refractivity contribution in [3.05, 3.63) is 33.3 Å². The number of hydrogen-bond acceptors (Lipinski definition) is 2. The molecular formula is C12H11Cl2NO2. The summed E-state index contributed by atoms with van der Waals surface area (Å²) in [5.41, 5.74) is 0.0743. The fourth-order valence-corrected chi connectivity index (χ4v) is 2.17. The second kappa shape index (κ2) is 3.72. The number of carbonyl (C=O) groups excluding carboxylic acids is 2. The van der Waals surface area contributed by atoms with Crippen LogP contribution in [-0.2, 0) is 0 Å². The van der Waals surface area contributed by atoms with Gasteiger partial charge in [-0.15, -0.1) is 0 Å². The molecule has 1 aromatic carbocycles. The van der Waals surface area contributed by atoms with E-state index in [0.717, 1.165) is 0 Å². The Morgan fingerprint density at radius 1 is 0.941 bits per heavy atom. The number of carbonyl (C=O) groups is 2. The molecule has 17 heavy (non-hydrogen) atoms. The maximum Gasteiger partial charge on any atom is 0.262 e. The number of imide groups is 1. The zero-order valence-electron chi connectivity index (χ0n) is 9.67. The standard InChI is InChI=1S/C12H11Cl2NO2/c1-12(2,3)15-10(16)6-4-8(13)9(14)5-7(6)11(15)17/h4-5H,1-3H3. The highest BCUT2D eigenvalue weighted by Crippen LogP contribution is 2.34. The normalized spacial score (nSPS) is 15.5. The van der Waals surface area contributed by atoms with Gasteiger partial charge in [0.05, 0.1) is 21.2 Å². The second-order valence-corrected chi connectivity index (χ2v) is 5.74. The molecule has 2 rings (SSSR count). The van der Waals surface area contributed by atoms with E-state index in [2.05, 4.69) is 0 Å². The van der Waals surface area contributed by atoms with E-state index in [4.69, 9.17) is 23.2 Å². The molecule has 0 unspecified atom stereocenters. The van der Waals surface area contributed by atoms with Gasteiger partial charge in [0, 0.05) is 5.54 Å². The molecule has 0 spiro atoms. The Kier molecular flexibility index (Phi) is 2.71. The summed E-state index contributed by atoms with van der Waals surface area (Å²) in [6.45, 7) is 5.41. The summed E-state index contributed by atoms with van der Waals surface area (Å²) in [6.07, 6.45) is 0. The lowest BCUT2D eigenvalue weighted by molar-refractivity contribution is 0.0508. The maximum atomic E-state index is 12.1. The molecule has 1 aliphatic rings. The summed E-state index contributed by atoms with van der Waals surface area (Å²) in [5.74, 6) is -0.646. The van der Waals surface area contributed by atoms with Crippen molar-refractivity contribution in [3.8, 4) is 0 Å². The molecule has 0 radical (unpaired) electrons. The molecule has 0 atom stereocenters. The first-order valence-corrected chi connectivity index (χ1v) is 5.87. The highest BCUT2D eigenvalue weighted by Gasteiger charge is 2.42. The SMILES string of the molecule is CC(C)(C)N1C(=O)c2cc(Cl)c(Cl)cc2C1=O. The molecule has 5 heteroatoms. The number of rotatable bonds is 0. The van der Waals surface area contributed by atoms with Gasteiger partial charge in [0.2, 0.25) is 0 Å². The lowest BCUT2D eigenvalue weighted by Crippen LogP contribution is -2.45. The van der Waals surface area contributed by atoms with Crippen molar-refractivity contribution < 1.29 is 9.59 Å². The number of amides is 2. The van der Waals surface area contributed by atoms with Crippen molar-refractivity contribution in [3.63, 3.8) is 0 Å². The number of hydrogen-bond donors (Lipinski definition) is 0. The quantitative estimate of drug-likeness (QED) is 0.679. The lowest BCUT2D eigenvalue weighted by Gasteiger charge is -2.29. The first kappa shape index (κ1) is 12.4. The van der Waals surface area contributed by atoms with Crippen LogP contribution in [0.2, 0.25) is 10.0 Å². The first-order chi connectivity index (χ1) is 7.73. The number of halogens is 2. The van der Waals surface area contributed by atoms with E-state index in [1.54, 1.807) is 20.8 Å². The highest BCUT2D eigenvalue weighted by molar-refractivity contribution is 6.43. The molecule has 1 aromatic rings. The van der Waals surface area contributed by atoms with Crippen molar-refractivity contribution in [2.75, 3.05) is 0 Å². The Hall–Kier alpha value is -1.06. The van der Waals surface area contributed by atoms with Crippen LogP contribution < -0.4 is 0 Å². The monoisotopic (exact) mass is 271 g/mol. The summed E-state index contributed by atoms with van der Waals surface area (Å²) in [5, 5.41) is 0.560. The van der Waals surface area contributed by atoms with E-state index < -0.39 is 5.54 Å². The number of fused-ring (bicyclic) bond motifs is 1. The molecule has 0 saturated carbocycles. The van der Waals surface area contributed by atoms with Crippen LogP contribution in [0.25, 0.3) is 0 Å². The minimum absolute atomic E-state index is 0.280. The average molecular weight is 272 g/mol. The Morgan fingerprint density at radius 3 is 1.59 bits per heavy atom. The van der Waals surface area contributed by atoms with Crippen LogP contribution in [-0.4, -0.2) is 22.3 Å². The van der Waals surface area contributed by atoms with Gasteiger partial charge >= 0.3 is 0 Å². The maximum absolute atomic E-state index is 12.1. The van der Waals surface area contributed by atoms with Gasteiger partial charge in [0.15, 0.2) is 0 Å². The van der Waals surface area contributed by atoms with Gasteiger partial charge < -0.3 is 0 Å². The van der Waals surface area contributed by atoms with Crippen LogP contribution in [0.4, 0.5) is 0 Å². The van der Waals surface area contributed by atoms with Crippen LogP contribution in [0.1, 0.15) is 41.5 Å². The van der Waals surface area contributed by atoms with E-state index >= 15 is 0 Å². The molecule has 3 nitrogen and oxygen atoms in total. The molecule has 90 valence electrons. The molecule has 1 aliphatic heterocycles. The minimum Gasteiger partial charge on any atom is -0.269 e. The van der Waals surface area contributed by atoms with Gasteiger partial charge in [-0.1, -0.05) is 23.2 Å². The van der Waals surface area contributed by atoms with Gasteiger partial charge in [0.1, 0.15) is 0 Å². The van der Waals surface area contributed by atoms with Crippen LogP contribution in [0.15, 0.2) is 12.1 Å². The van der Waals surface area contributed by atoms with Crippen LogP contribution in [0.5, 0.6) is 0 Å². The lowest BCUT2D eigenvalue weighted by atomic mass is 10.1. The molecule has 2 amide bonds. The Labute approximate surface area is 109 Å². The Bertz CT molecular complexity index is 491. The summed E-state index contributed by atoms with van der Waals surface area (Å²) < 4.78 is 0. The number of benzene rings is 1. The largest absolute Gasteiger partial charge is 0.269 e. The summed E-state index contributed by atoms with van der Waals surface area (Å²) in [6, 6.07) is 2.90. The first-order valence-electron chi connectivity index (χ1n) is 5.11. The molecule has 0 saturated heterocycles. The molecular weight excluding hydrogens is 261 g/mol. The number of nitrogens with zero attached hydrogens (tertiary/aromatic N) is 1. The zero-order chi connectivity index (χ0) is 13.0. The molecule has 0 fully saturated rings. The fourth-order valence-electron chi connectivity index (χ4n) is 1.84. The third kappa shape index (κ3) is 1.83. The third-order valence-electron chi connectivity index (χ3n) is 2.60. The Balaban J connectivity index is 2.61. The second-order valence-electron chi connectivity index (χ2n) is 4.93. The van der Waals surface area contributed by atoms with Crippen molar-refractivity contribution in [2.24, 2.45) is 0 Å². The fraction of sp³-hybridized carbons (Fsp3) is 0.333. The van der Waals surface area contributed by atoms with Gasteiger partial charge in [-0.2, -0.15) is 0 Å². The molecule has 1 heterocycles. The molecule has 0 bridgehead atoms. The predicted octanol–water partition coefficient (Wildman–Crippen LogP) is 3.39. The van der Waals surface area contributed by atoms with Crippen LogP contribution in [0.3, 0.4) is 0 Å². The summed E-state index contributed by atoms with van der Waals surface area (Å²) in [7, 11) is 0. The van der Waals surface area contributed by atoms with Gasteiger partial charge in [-0.25, -0.2) is 0 Å². The third-order valence-corrected chi connectivity index (χ3v) is 3.32. The molecule has 0 aliphatic carbocycles. The van der Waals surface area contributed by atoms with Crippen molar-refractivity contribution in [1.29, 1.82) is 0 Å². The summed E-state index contributed by atoms with van der Waals surface area (Å²) >= 11 is 11.7. The predicted molar refractivity (Wildman–Crippen MR) is 66.7 cm³/mol. The van der Waals surface area contributed by atoms with E-state index in [1.807, 2.05) is 0 Å². The zero-order valence-corrected chi connectivity index (χ0v) is 11.2. The summed E-state index contributed by atoms with van der Waals surface area (Å²) in [4.78, 5) is 25.5. The molecule has 0 N–H and O–H groups in total. The molecule has 0 aromatic heterocycles. The van der Waals surface area contributed by atoms with E-state index in [1.165, 1.54) is 17.0 Å². The van der Waals surface area contributed by atoms with Crippen molar-refractivity contribution in [1.82, 2.24) is 4.90 Å².